The molecule has 32 heavy (non-hydrogen) atoms. The van der Waals surface area contributed by atoms with Crippen molar-refractivity contribution in [3.63, 3.8) is 0 Å². The van der Waals surface area contributed by atoms with Gasteiger partial charge in [-0.2, -0.15) is 9.78 Å². The number of carbonyl (C=O) groups is 1. The Bertz CT molecular complexity index is 1220. The highest BCUT2D eigenvalue weighted by Crippen LogP contribution is 2.28. The van der Waals surface area contributed by atoms with Crippen LogP contribution in [0.1, 0.15) is 41.8 Å². The molecule has 0 aliphatic carbocycles. The molecule has 0 atom stereocenters. The number of nitrogens with zero attached hydrogens (tertiary/aromatic N) is 3. The molecule has 0 unspecified atom stereocenters. The molecular formula is C25H25N5O2. The van der Waals surface area contributed by atoms with Gasteiger partial charge in [0.1, 0.15) is 5.82 Å². The molecule has 0 radical (unpaired) electrons. The van der Waals surface area contributed by atoms with Crippen LogP contribution in [-0.4, -0.2) is 25.7 Å². The summed E-state index contributed by atoms with van der Waals surface area (Å²) in [5, 5.41) is 7.37. The standard InChI is InChI=1S/C25H25N5O2/c1-3-20-15-23(31)28-25(26-20)30-22(14-17(2)29-30)27-24(32)16-21(18-10-6-4-7-11-18)19-12-8-5-9-13-19/h4-15,21H,3,16H2,1-2H3,(H,27,32)(H,26,28,31). The number of aromatic nitrogens is 4. The van der Waals surface area contributed by atoms with Crippen molar-refractivity contribution in [2.45, 2.75) is 32.6 Å². The minimum atomic E-state index is -0.259. The Morgan fingerprint density at radius 3 is 2.25 bits per heavy atom. The van der Waals surface area contributed by atoms with Crippen molar-refractivity contribution in [1.29, 1.82) is 0 Å². The highest BCUT2D eigenvalue weighted by molar-refractivity contribution is 5.91. The van der Waals surface area contributed by atoms with E-state index in [4.69, 9.17) is 0 Å². The van der Waals surface area contributed by atoms with Crippen LogP contribution >= 0.6 is 0 Å². The normalized spacial score (nSPS) is 11.0. The summed E-state index contributed by atoms with van der Waals surface area (Å²) in [6.45, 7) is 3.75. The predicted octanol–water partition coefficient (Wildman–Crippen LogP) is 3.99. The predicted molar refractivity (Wildman–Crippen MR) is 124 cm³/mol. The second-order valence-corrected chi connectivity index (χ2v) is 7.62. The molecule has 0 aliphatic rings. The van der Waals surface area contributed by atoms with E-state index in [1.807, 2.05) is 74.5 Å². The van der Waals surface area contributed by atoms with Crippen LogP contribution in [0.2, 0.25) is 0 Å². The van der Waals surface area contributed by atoms with E-state index in [0.29, 0.717) is 23.6 Å². The molecule has 2 heterocycles. The quantitative estimate of drug-likeness (QED) is 0.466. The van der Waals surface area contributed by atoms with Crippen LogP contribution in [0.4, 0.5) is 5.82 Å². The van der Waals surface area contributed by atoms with Gasteiger partial charge < -0.3 is 5.32 Å². The van der Waals surface area contributed by atoms with Gasteiger partial charge in [0.2, 0.25) is 11.9 Å². The molecule has 7 heteroatoms. The first-order valence-corrected chi connectivity index (χ1v) is 10.6. The number of aromatic amines is 1. The zero-order chi connectivity index (χ0) is 22.5. The van der Waals surface area contributed by atoms with Crippen molar-refractivity contribution in [2.75, 3.05) is 5.32 Å². The Morgan fingerprint density at radius 2 is 1.66 bits per heavy atom. The SMILES string of the molecule is CCc1cc(=O)[nH]c(-n2nc(C)cc2NC(=O)CC(c2ccccc2)c2ccccc2)n1. The largest absolute Gasteiger partial charge is 0.310 e. The maximum atomic E-state index is 13.1. The summed E-state index contributed by atoms with van der Waals surface area (Å²) in [6.07, 6.45) is 0.881. The van der Waals surface area contributed by atoms with Crippen LogP contribution < -0.4 is 10.9 Å². The maximum absolute atomic E-state index is 13.1. The van der Waals surface area contributed by atoms with Gasteiger partial charge in [-0.05, 0) is 24.5 Å². The molecule has 2 aromatic carbocycles. The zero-order valence-electron chi connectivity index (χ0n) is 18.1. The summed E-state index contributed by atoms with van der Waals surface area (Å²) >= 11 is 0. The number of H-pyrrole nitrogens is 1. The summed E-state index contributed by atoms with van der Waals surface area (Å²) in [6, 6.07) is 23.2. The summed E-state index contributed by atoms with van der Waals surface area (Å²) < 4.78 is 1.47. The lowest BCUT2D eigenvalue weighted by molar-refractivity contribution is -0.116. The summed E-state index contributed by atoms with van der Waals surface area (Å²) in [4.78, 5) is 32.3. The van der Waals surface area contributed by atoms with Crippen molar-refractivity contribution in [2.24, 2.45) is 0 Å². The summed E-state index contributed by atoms with van der Waals surface area (Å²) in [5.41, 5.74) is 3.24. The van der Waals surface area contributed by atoms with E-state index in [2.05, 4.69) is 20.4 Å². The Kier molecular flexibility index (Phi) is 6.26. The van der Waals surface area contributed by atoms with Gasteiger partial charge in [0.05, 0.1) is 5.69 Å². The van der Waals surface area contributed by atoms with E-state index in [0.717, 1.165) is 11.1 Å². The highest BCUT2D eigenvalue weighted by atomic mass is 16.1. The number of carbonyl (C=O) groups excluding carboxylic acids is 1. The molecule has 2 aromatic heterocycles. The van der Waals surface area contributed by atoms with Crippen LogP contribution in [0.5, 0.6) is 0 Å². The van der Waals surface area contributed by atoms with Gasteiger partial charge in [0.25, 0.3) is 5.56 Å². The molecule has 0 aliphatic heterocycles. The van der Waals surface area contributed by atoms with Gasteiger partial charge in [-0.3, -0.25) is 14.6 Å². The molecule has 4 aromatic rings. The number of rotatable bonds is 7. The first-order chi connectivity index (χ1) is 15.5. The van der Waals surface area contributed by atoms with Gasteiger partial charge in [-0.15, -0.1) is 0 Å². The van der Waals surface area contributed by atoms with Crippen molar-refractivity contribution in [1.82, 2.24) is 19.7 Å². The monoisotopic (exact) mass is 427 g/mol. The van der Waals surface area contributed by atoms with Crippen molar-refractivity contribution >= 4 is 11.7 Å². The average molecular weight is 428 g/mol. The van der Waals surface area contributed by atoms with Crippen LogP contribution in [0, 0.1) is 6.92 Å². The fraction of sp³-hybridized carbons (Fsp3) is 0.200. The lowest BCUT2D eigenvalue weighted by atomic mass is 9.88. The molecule has 0 spiro atoms. The summed E-state index contributed by atoms with van der Waals surface area (Å²) in [5.74, 6) is 0.498. The minimum Gasteiger partial charge on any atom is -0.310 e. The Labute approximate surface area is 186 Å². The van der Waals surface area contributed by atoms with E-state index in [-0.39, 0.29) is 29.8 Å². The third-order valence-corrected chi connectivity index (χ3v) is 5.24. The molecule has 0 saturated heterocycles. The van der Waals surface area contributed by atoms with Gasteiger partial charge >= 0.3 is 0 Å². The van der Waals surface area contributed by atoms with Gasteiger partial charge in [0, 0.05) is 30.2 Å². The summed E-state index contributed by atoms with van der Waals surface area (Å²) in [7, 11) is 0. The van der Waals surface area contributed by atoms with Crippen LogP contribution in [-0.2, 0) is 11.2 Å². The number of hydrogen-bond acceptors (Lipinski definition) is 4. The van der Waals surface area contributed by atoms with E-state index >= 15 is 0 Å². The van der Waals surface area contributed by atoms with E-state index in [1.54, 1.807) is 6.07 Å². The second kappa shape index (κ2) is 9.43. The molecule has 0 fully saturated rings. The Morgan fingerprint density at radius 1 is 1.03 bits per heavy atom. The van der Waals surface area contributed by atoms with E-state index < -0.39 is 0 Å². The molecule has 0 bridgehead atoms. The molecule has 2 N–H and O–H groups in total. The van der Waals surface area contributed by atoms with Crippen LogP contribution in [0.15, 0.2) is 77.6 Å². The van der Waals surface area contributed by atoms with E-state index in [9.17, 15) is 9.59 Å². The number of nitrogens with one attached hydrogen (secondary N) is 2. The van der Waals surface area contributed by atoms with Gasteiger partial charge in [-0.25, -0.2) is 4.98 Å². The maximum Gasteiger partial charge on any atom is 0.252 e. The smallest absolute Gasteiger partial charge is 0.252 e. The lowest BCUT2D eigenvalue weighted by Gasteiger charge is -2.18. The van der Waals surface area contributed by atoms with Crippen molar-refractivity contribution < 1.29 is 4.79 Å². The molecule has 162 valence electrons. The Hall–Kier alpha value is -4.00. The zero-order valence-corrected chi connectivity index (χ0v) is 18.1. The second-order valence-electron chi connectivity index (χ2n) is 7.62. The topological polar surface area (TPSA) is 92.7 Å². The molecule has 1 amide bonds. The number of hydrogen-bond donors (Lipinski definition) is 2. The van der Waals surface area contributed by atoms with Crippen molar-refractivity contribution in [3.8, 4) is 5.95 Å². The van der Waals surface area contributed by atoms with Crippen LogP contribution in [0.25, 0.3) is 5.95 Å². The van der Waals surface area contributed by atoms with Crippen molar-refractivity contribution in [3.05, 3.63) is 106 Å². The van der Waals surface area contributed by atoms with Crippen LogP contribution in [0.3, 0.4) is 0 Å². The van der Waals surface area contributed by atoms with Gasteiger partial charge in [0.15, 0.2) is 0 Å². The highest BCUT2D eigenvalue weighted by Gasteiger charge is 2.20. The first kappa shape index (κ1) is 21.2. The number of benzene rings is 2. The molecule has 7 nitrogen and oxygen atoms in total. The minimum absolute atomic E-state index is 0.0868. The number of anilines is 1. The third-order valence-electron chi connectivity index (χ3n) is 5.24. The van der Waals surface area contributed by atoms with Gasteiger partial charge in [-0.1, -0.05) is 67.6 Å². The van der Waals surface area contributed by atoms with E-state index in [1.165, 1.54) is 10.7 Å². The first-order valence-electron chi connectivity index (χ1n) is 10.6. The fourth-order valence-electron chi connectivity index (χ4n) is 3.70. The number of aryl methyl sites for hydroxylation is 2. The third kappa shape index (κ3) is 4.83. The lowest BCUT2D eigenvalue weighted by Crippen LogP contribution is -2.20. The number of amides is 1. The Balaban J connectivity index is 1.62. The fourth-order valence-corrected chi connectivity index (χ4v) is 3.70. The molecule has 0 saturated carbocycles. The molecule has 4 rings (SSSR count). The average Bonchev–Trinajstić information content (AvgIpc) is 3.18. The molecular weight excluding hydrogens is 402 g/mol.